The van der Waals surface area contributed by atoms with Gasteiger partial charge in [-0.2, -0.15) is 0 Å². The highest BCUT2D eigenvalue weighted by molar-refractivity contribution is 6.05. The molecule has 1 aromatic carbocycles. The second-order valence-electron chi connectivity index (χ2n) is 4.11. The van der Waals surface area contributed by atoms with E-state index in [9.17, 15) is 18.4 Å². The van der Waals surface area contributed by atoms with Crippen LogP contribution in [-0.4, -0.2) is 38.3 Å². The number of halogens is 2. The number of methoxy groups -OCH3 is 3. The monoisotopic (exact) mass is 311 g/mol. The van der Waals surface area contributed by atoms with Crippen molar-refractivity contribution < 1.29 is 32.6 Å². The lowest BCUT2D eigenvalue weighted by atomic mass is 10.1. The van der Waals surface area contributed by atoms with E-state index in [4.69, 9.17) is 4.74 Å². The van der Waals surface area contributed by atoms with Gasteiger partial charge in [-0.05, 0) is 12.1 Å². The number of rotatable bonds is 3. The van der Waals surface area contributed by atoms with Gasteiger partial charge in [-0.25, -0.2) is 23.4 Å². The summed E-state index contributed by atoms with van der Waals surface area (Å²) in [6.45, 7) is 0. The summed E-state index contributed by atoms with van der Waals surface area (Å²) in [4.78, 5) is 27.2. The molecule has 22 heavy (non-hydrogen) atoms. The predicted molar refractivity (Wildman–Crippen MR) is 70.9 cm³/mol. The lowest BCUT2D eigenvalue weighted by molar-refractivity contribution is 0.0546. The average Bonchev–Trinajstić information content (AvgIpc) is 2.53. The number of nitrogens with zero attached hydrogens (tertiary/aromatic N) is 1. The fraction of sp³-hybridized carbons (Fsp3) is 0.214. The van der Waals surface area contributed by atoms with Crippen LogP contribution in [0.3, 0.4) is 0 Å². The van der Waals surface area contributed by atoms with Gasteiger partial charge in [0.05, 0.1) is 32.2 Å². The van der Waals surface area contributed by atoms with Gasteiger partial charge in [-0.3, -0.25) is 0 Å². The number of carbonyl (C=O) groups is 2. The normalized spacial score (nSPS) is 10.4. The maximum absolute atomic E-state index is 14.6. The van der Waals surface area contributed by atoms with Gasteiger partial charge in [0.15, 0.2) is 23.1 Å². The molecule has 0 fully saturated rings. The van der Waals surface area contributed by atoms with E-state index < -0.39 is 40.2 Å². The molecule has 0 unspecified atom stereocenters. The van der Waals surface area contributed by atoms with Gasteiger partial charge >= 0.3 is 11.9 Å². The lowest BCUT2D eigenvalue weighted by Gasteiger charge is -2.11. The Morgan fingerprint density at radius 3 is 2.18 bits per heavy atom. The van der Waals surface area contributed by atoms with E-state index in [-0.39, 0.29) is 11.3 Å². The van der Waals surface area contributed by atoms with Gasteiger partial charge in [-0.15, -0.1) is 0 Å². The molecular weight excluding hydrogens is 300 g/mol. The topological polar surface area (TPSA) is 74.7 Å². The highest BCUT2D eigenvalue weighted by Crippen LogP contribution is 2.30. The van der Waals surface area contributed by atoms with Gasteiger partial charge in [0.25, 0.3) is 0 Å². The summed E-state index contributed by atoms with van der Waals surface area (Å²) in [5.41, 5.74) is -1.55. The molecule has 0 saturated heterocycles. The van der Waals surface area contributed by atoms with Gasteiger partial charge < -0.3 is 14.2 Å². The number of fused-ring (bicyclic) bond motifs is 1. The van der Waals surface area contributed by atoms with E-state index in [2.05, 4.69) is 14.5 Å². The molecule has 0 N–H and O–H groups in total. The van der Waals surface area contributed by atoms with Gasteiger partial charge in [0, 0.05) is 0 Å². The van der Waals surface area contributed by atoms with E-state index in [0.717, 1.165) is 14.2 Å². The van der Waals surface area contributed by atoms with Crippen LogP contribution in [0.15, 0.2) is 12.1 Å². The third-order valence-corrected chi connectivity index (χ3v) is 2.98. The summed E-state index contributed by atoms with van der Waals surface area (Å²) >= 11 is 0. The Bertz CT molecular complexity index is 776. The first kappa shape index (κ1) is 15.6. The lowest BCUT2D eigenvalue weighted by Crippen LogP contribution is -2.17. The molecule has 0 aliphatic heterocycles. The molecule has 0 radical (unpaired) electrons. The summed E-state index contributed by atoms with van der Waals surface area (Å²) in [7, 11) is 3.25. The number of aromatic nitrogens is 1. The molecule has 2 rings (SSSR count). The van der Waals surface area contributed by atoms with Crippen molar-refractivity contribution in [2.75, 3.05) is 21.3 Å². The first-order valence-corrected chi connectivity index (χ1v) is 5.98. The van der Waals surface area contributed by atoms with E-state index in [1.807, 2.05) is 0 Å². The Balaban J connectivity index is 2.93. The number of pyridine rings is 1. The predicted octanol–water partition coefficient (Wildman–Crippen LogP) is 2.09. The summed E-state index contributed by atoms with van der Waals surface area (Å²) in [6.07, 6.45) is 0. The molecule has 0 aliphatic rings. The maximum atomic E-state index is 14.6. The smallest absolute Gasteiger partial charge is 0.357 e. The van der Waals surface area contributed by atoms with Crippen LogP contribution >= 0.6 is 0 Å². The summed E-state index contributed by atoms with van der Waals surface area (Å²) < 4.78 is 42.4. The van der Waals surface area contributed by atoms with E-state index in [1.54, 1.807) is 0 Å². The average molecular weight is 311 g/mol. The largest absolute Gasteiger partial charge is 0.494 e. The quantitative estimate of drug-likeness (QED) is 0.808. The summed E-state index contributed by atoms with van der Waals surface area (Å²) in [5.74, 6) is -4.75. The van der Waals surface area contributed by atoms with Crippen molar-refractivity contribution in [1.82, 2.24) is 4.98 Å². The van der Waals surface area contributed by atoms with Crippen LogP contribution in [0.5, 0.6) is 5.75 Å². The first-order chi connectivity index (χ1) is 10.5. The second kappa shape index (κ2) is 5.92. The van der Waals surface area contributed by atoms with Crippen molar-refractivity contribution in [3.05, 3.63) is 35.0 Å². The van der Waals surface area contributed by atoms with Crippen molar-refractivity contribution in [2.24, 2.45) is 0 Å². The molecule has 0 spiro atoms. The second-order valence-corrected chi connectivity index (χ2v) is 4.11. The third kappa shape index (κ3) is 2.32. The molecule has 0 amide bonds. The Hall–Kier alpha value is -2.77. The molecule has 0 bridgehead atoms. The molecule has 2 aromatic rings. The maximum Gasteiger partial charge on any atom is 0.357 e. The number of ether oxygens (including phenoxy) is 3. The first-order valence-electron chi connectivity index (χ1n) is 5.98. The molecule has 0 aliphatic carbocycles. The Morgan fingerprint density at radius 1 is 1.00 bits per heavy atom. The van der Waals surface area contributed by atoms with Crippen LogP contribution < -0.4 is 4.74 Å². The third-order valence-electron chi connectivity index (χ3n) is 2.98. The molecule has 0 atom stereocenters. The summed E-state index contributed by atoms with van der Waals surface area (Å²) in [6, 6.07) is 2.48. The van der Waals surface area contributed by atoms with E-state index in [0.29, 0.717) is 0 Å². The molecule has 0 saturated carbocycles. The van der Waals surface area contributed by atoms with Crippen LogP contribution in [-0.2, 0) is 9.47 Å². The fourth-order valence-corrected chi connectivity index (χ4v) is 1.94. The Labute approximate surface area is 123 Å². The number of hydrogen-bond donors (Lipinski definition) is 0. The van der Waals surface area contributed by atoms with Crippen molar-refractivity contribution in [1.29, 1.82) is 0 Å². The fourth-order valence-electron chi connectivity index (χ4n) is 1.94. The minimum Gasteiger partial charge on any atom is -0.494 e. The van der Waals surface area contributed by atoms with Crippen molar-refractivity contribution in [2.45, 2.75) is 0 Å². The van der Waals surface area contributed by atoms with Gasteiger partial charge in [0.1, 0.15) is 5.56 Å². The molecule has 116 valence electrons. The SMILES string of the molecule is COC(=O)c1nc2ccc(OC)c(F)c2c(F)c1C(=O)OC. The van der Waals surface area contributed by atoms with E-state index in [1.165, 1.54) is 19.2 Å². The number of hydrogen-bond acceptors (Lipinski definition) is 6. The van der Waals surface area contributed by atoms with Gasteiger partial charge in [-0.1, -0.05) is 0 Å². The Kier molecular flexibility index (Phi) is 4.20. The zero-order chi connectivity index (χ0) is 16.4. The van der Waals surface area contributed by atoms with Crippen LogP contribution in [0, 0.1) is 11.6 Å². The summed E-state index contributed by atoms with van der Waals surface area (Å²) in [5, 5.41) is -0.576. The zero-order valence-electron chi connectivity index (χ0n) is 11.9. The van der Waals surface area contributed by atoms with Crippen molar-refractivity contribution >= 4 is 22.8 Å². The standard InChI is InChI=1S/C14H11F2NO5/c1-20-7-5-4-6-8(10(7)15)11(16)9(13(18)21-2)12(17-6)14(19)22-3/h4-5H,1-3H3. The highest BCUT2D eigenvalue weighted by atomic mass is 19.1. The molecule has 1 heterocycles. The van der Waals surface area contributed by atoms with Crippen LogP contribution in [0.4, 0.5) is 8.78 Å². The molecule has 6 nitrogen and oxygen atoms in total. The number of benzene rings is 1. The molecule has 8 heteroatoms. The van der Waals surface area contributed by atoms with Gasteiger partial charge in [0.2, 0.25) is 0 Å². The van der Waals surface area contributed by atoms with Crippen LogP contribution in [0.25, 0.3) is 10.9 Å². The number of esters is 2. The minimum atomic E-state index is -1.27. The molecular formula is C14H11F2NO5. The Morgan fingerprint density at radius 2 is 1.64 bits per heavy atom. The van der Waals surface area contributed by atoms with Crippen LogP contribution in [0.1, 0.15) is 20.8 Å². The number of carbonyl (C=O) groups excluding carboxylic acids is 2. The van der Waals surface area contributed by atoms with Crippen molar-refractivity contribution in [3.63, 3.8) is 0 Å². The zero-order valence-corrected chi connectivity index (χ0v) is 11.9. The van der Waals surface area contributed by atoms with E-state index >= 15 is 0 Å². The molecule has 1 aromatic heterocycles. The van der Waals surface area contributed by atoms with Crippen LogP contribution in [0.2, 0.25) is 0 Å². The minimum absolute atomic E-state index is 0.163. The van der Waals surface area contributed by atoms with Crippen molar-refractivity contribution in [3.8, 4) is 5.75 Å². The highest BCUT2D eigenvalue weighted by Gasteiger charge is 2.29.